The van der Waals surface area contributed by atoms with Crippen molar-refractivity contribution in [3.8, 4) is 0 Å². The van der Waals surface area contributed by atoms with Crippen LogP contribution in [0.2, 0.25) is 6.32 Å². The predicted octanol–water partition coefficient (Wildman–Crippen LogP) is 1.57. The van der Waals surface area contributed by atoms with E-state index in [2.05, 4.69) is 10.3 Å². The lowest BCUT2D eigenvalue weighted by Crippen LogP contribution is -2.57. The van der Waals surface area contributed by atoms with Crippen LogP contribution in [0, 0.1) is 5.92 Å². The number of unbranched alkanes of at least 4 members (excludes halogenated alkanes) is 1. The van der Waals surface area contributed by atoms with Crippen LogP contribution in [-0.2, 0) is 11.0 Å². The molecule has 0 bridgehead atoms. The molecule has 156 valence electrons. The number of halogens is 3. The zero-order valence-corrected chi connectivity index (χ0v) is 15.3. The number of pyridine rings is 1. The molecule has 0 radical (unpaired) electrons. The van der Waals surface area contributed by atoms with Gasteiger partial charge in [-0.3, -0.25) is 9.78 Å². The number of rotatable bonds is 8. The summed E-state index contributed by atoms with van der Waals surface area (Å²) in [5.41, 5.74) is 4.08. The Labute approximate surface area is 161 Å². The standard InChI is InChI=1S/C17H25BF3N3O4/c19-17(20,21)12-4-8-24-14(10-12)13-9-11(3-7-23-13)16(22,15(25)26)5-1-2-6-18(27)28/h4,8,10-11,13,23,27-28H,1-3,5-7,9,22H2,(H,25,26). The Morgan fingerprint density at radius 2 is 2.07 bits per heavy atom. The Morgan fingerprint density at radius 3 is 2.68 bits per heavy atom. The van der Waals surface area contributed by atoms with Crippen molar-refractivity contribution in [2.75, 3.05) is 6.54 Å². The van der Waals surface area contributed by atoms with Crippen LogP contribution in [0.5, 0.6) is 0 Å². The quantitative estimate of drug-likeness (QED) is 0.329. The van der Waals surface area contributed by atoms with Gasteiger partial charge < -0.3 is 26.2 Å². The topological polar surface area (TPSA) is 129 Å². The minimum atomic E-state index is -4.48. The molecule has 0 aliphatic carbocycles. The third-order valence-corrected chi connectivity index (χ3v) is 5.30. The molecular weight excluding hydrogens is 378 g/mol. The van der Waals surface area contributed by atoms with Gasteiger partial charge in [-0.2, -0.15) is 13.2 Å². The Bertz CT molecular complexity index is 677. The highest BCUT2D eigenvalue weighted by molar-refractivity contribution is 6.40. The van der Waals surface area contributed by atoms with E-state index in [1.54, 1.807) is 0 Å². The SMILES string of the molecule is NC(CCCCB(O)O)(C(=O)O)C1CCNC(c2cc(C(F)(F)F)ccn2)C1. The lowest BCUT2D eigenvalue weighted by Gasteiger charge is -2.39. The summed E-state index contributed by atoms with van der Waals surface area (Å²) < 4.78 is 38.9. The first kappa shape index (κ1) is 22.6. The van der Waals surface area contributed by atoms with E-state index < -0.39 is 42.3 Å². The highest BCUT2D eigenvalue weighted by Crippen LogP contribution is 2.37. The van der Waals surface area contributed by atoms with E-state index in [9.17, 15) is 23.1 Å². The Morgan fingerprint density at radius 1 is 1.36 bits per heavy atom. The third-order valence-electron chi connectivity index (χ3n) is 5.30. The van der Waals surface area contributed by atoms with Crippen molar-refractivity contribution in [3.05, 3.63) is 29.6 Å². The summed E-state index contributed by atoms with van der Waals surface area (Å²) in [4.78, 5) is 15.9. The van der Waals surface area contributed by atoms with Crippen LogP contribution in [0.1, 0.15) is 49.4 Å². The Hall–Kier alpha value is -1.69. The van der Waals surface area contributed by atoms with Gasteiger partial charge in [-0.05, 0) is 50.2 Å². The van der Waals surface area contributed by atoms with E-state index in [1.165, 1.54) is 0 Å². The first-order chi connectivity index (χ1) is 13.0. The summed E-state index contributed by atoms with van der Waals surface area (Å²) >= 11 is 0. The monoisotopic (exact) mass is 403 g/mol. The van der Waals surface area contributed by atoms with Gasteiger partial charge in [-0.15, -0.1) is 0 Å². The molecule has 0 amide bonds. The van der Waals surface area contributed by atoms with Crippen molar-refractivity contribution in [2.24, 2.45) is 11.7 Å². The zero-order chi connectivity index (χ0) is 20.9. The van der Waals surface area contributed by atoms with E-state index in [0.29, 0.717) is 25.8 Å². The molecule has 6 N–H and O–H groups in total. The second-order valence-electron chi connectivity index (χ2n) is 7.27. The van der Waals surface area contributed by atoms with Crippen LogP contribution < -0.4 is 11.1 Å². The van der Waals surface area contributed by atoms with Gasteiger partial charge in [0.2, 0.25) is 0 Å². The zero-order valence-electron chi connectivity index (χ0n) is 15.3. The molecule has 11 heteroatoms. The van der Waals surface area contributed by atoms with Gasteiger partial charge in [0.05, 0.1) is 11.3 Å². The molecule has 0 aromatic carbocycles. The van der Waals surface area contributed by atoms with E-state index >= 15 is 0 Å². The lowest BCUT2D eigenvalue weighted by molar-refractivity contribution is -0.146. The molecule has 1 saturated heterocycles. The van der Waals surface area contributed by atoms with E-state index in [1.807, 2.05) is 0 Å². The molecule has 3 atom stereocenters. The summed E-state index contributed by atoms with van der Waals surface area (Å²) in [6, 6.07) is 1.34. The number of aromatic nitrogens is 1. The molecule has 1 aliphatic heterocycles. The Kier molecular flexibility index (Phi) is 7.43. The maximum absolute atomic E-state index is 13.0. The number of alkyl halides is 3. The van der Waals surface area contributed by atoms with Gasteiger partial charge in [0, 0.05) is 12.2 Å². The highest BCUT2D eigenvalue weighted by atomic mass is 19.4. The lowest BCUT2D eigenvalue weighted by atomic mass is 9.72. The summed E-state index contributed by atoms with van der Waals surface area (Å²) in [5, 5.41) is 30.6. The third kappa shape index (κ3) is 5.66. The molecule has 1 aliphatic rings. The van der Waals surface area contributed by atoms with Crippen LogP contribution in [0.3, 0.4) is 0 Å². The highest BCUT2D eigenvalue weighted by Gasteiger charge is 2.44. The fourth-order valence-corrected chi connectivity index (χ4v) is 3.66. The van der Waals surface area contributed by atoms with Crippen molar-refractivity contribution >= 4 is 13.1 Å². The molecule has 28 heavy (non-hydrogen) atoms. The molecule has 1 aromatic rings. The van der Waals surface area contributed by atoms with Gasteiger partial charge in [-0.25, -0.2) is 0 Å². The number of carbonyl (C=O) groups is 1. The summed E-state index contributed by atoms with van der Waals surface area (Å²) in [6.07, 6.45) is -1.59. The number of nitrogens with two attached hydrogens (primary N) is 1. The predicted molar refractivity (Wildman–Crippen MR) is 96.1 cm³/mol. The van der Waals surface area contributed by atoms with Gasteiger partial charge >= 0.3 is 19.3 Å². The molecule has 0 spiro atoms. The van der Waals surface area contributed by atoms with Gasteiger partial charge in [0.15, 0.2) is 0 Å². The summed E-state index contributed by atoms with van der Waals surface area (Å²) in [6.45, 7) is 0.412. The van der Waals surface area contributed by atoms with Crippen LogP contribution in [0.25, 0.3) is 0 Å². The van der Waals surface area contributed by atoms with Crippen molar-refractivity contribution in [2.45, 2.75) is 56.2 Å². The summed E-state index contributed by atoms with van der Waals surface area (Å²) in [5.74, 6) is -1.62. The minimum absolute atomic E-state index is 0.124. The van der Waals surface area contributed by atoms with E-state index in [-0.39, 0.29) is 24.9 Å². The van der Waals surface area contributed by atoms with Crippen LogP contribution in [0.4, 0.5) is 13.2 Å². The first-order valence-corrected chi connectivity index (χ1v) is 9.19. The molecule has 1 fully saturated rings. The van der Waals surface area contributed by atoms with Gasteiger partial charge in [-0.1, -0.05) is 12.8 Å². The molecule has 0 saturated carbocycles. The van der Waals surface area contributed by atoms with E-state index in [0.717, 1.165) is 18.3 Å². The fraction of sp³-hybridized carbons (Fsp3) is 0.647. The smallest absolute Gasteiger partial charge is 0.451 e. The number of piperidine rings is 1. The number of carboxylic acid groups (broad SMARTS) is 1. The number of aliphatic carboxylic acids is 1. The summed E-state index contributed by atoms with van der Waals surface area (Å²) in [7, 11) is -1.45. The van der Waals surface area contributed by atoms with Crippen LogP contribution >= 0.6 is 0 Å². The molecular formula is C17H25BF3N3O4. The average Bonchev–Trinajstić information content (AvgIpc) is 2.64. The number of hydrogen-bond acceptors (Lipinski definition) is 6. The van der Waals surface area contributed by atoms with Crippen LogP contribution in [0.15, 0.2) is 18.3 Å². The first-order valence-electron chi connectivity index (χ1n) is 9.19. The maximum Gasteiger partial charge on any atom is 0.451 e. The van der Waals surface area contributed by atoms with Crippen molar-refractivity contribution < 1.29 is 33.1 Å². The second-order valence-corrected chi connectivity index (χ2v) is 7.27. The minimum Gasteiger partial charge on any atom is -0.480 e. The Balaban J connectivity index is 2.12. The number of hydrogen-bond donors (Lipinski definition) is 5. The van der Waals surface area contributed by atoms with Crippen molar-refractivity contribution in [1.29, 1.82) is 0 Å². The van der Waals surface area contributed by atoms with Gasteiger partial charge in [0.25, 0.3) is 0 Å². The van der Waals surface area contributed by atoms with Gasteiger partial charge in [0.1, 0.15) is 5.54 Å². The van der Waals surface area contributed by atoms with E-state index in [4.69, 9.17) is 15.8 Å². The molecule has 3 unspecified atom stereocenters. The largest absolute Gasteiger partial charge is 0.480 e. The maximum atomic E-state index is 13.0. The molecule has 2 heterocycles. The molecule has 2 rings (SSSR count). The van der Waals surface area contributed by atoms with Crippen molar-refractivity contribution in [1.82, 2.24) is 10.3 Å². The fourth-order valence-electron chi connectivity index (χ4n) is 3.66. The second kappa shape index (κ2) is 9.21. The van der Waals surface area contributed by atoms with Crippen molar-refractivity contribution in [3.63, 3.8) is 0 Å². The number of nitrogens with zero attached hydrogens (tertiary/aromatic N) is 1. The number of carboxylic acids is 1. The molecule has 1 aromatic heterocycles. The normalized spacial score (nSPS) is 22.5. The average molecular weight is 403 g/mol. The van der Waals surface area contributed by atoms with Crippen LogP contribution in [-0.4, -0.2) is 45.3 Å². The molecule has 7 nitrogen and oxygen atoms in total. The number of nitrogens with one attached hydrogen (secondary N) is 1.